The second-order valence-corrected chi connectivity index (χ2v) is 6.54. The molecule has 7 nitrogen and oxygen atoms in total. The summed E-state index contributed by atoms with van der Waals surface area (Å²) in [6, 6.07) is 6.41. The SMILES string of the molecule is CC(C)(C)OC(=O)N1CC(CC(=O)O)(C(=O)O)c2ccccc21. The number of carbonyl (C=O) groups is 3. The molecule has 1 heterocycles. The molecular formula is C16H19NO6. The molecule has 1 aliphatic heterocycles. The molecule has 2 N–H and O–H groups in total. The lowest BCUT2D eigenvalue weighted by molar-refractivity contribution is -0.149. The second-order valence-electron chi connectivity index (χ2n) is 6.54. The lowest BCUT2D eigenvalue weighted by Crippen LogP contribution is -2.45. The summed E-state index contributed by atoms with van der Waals surface area (Å²) in [5.41, 5.74) is -1.75. The molecule has 1 aromatic carbocycles. The zero-order valence-electron chi connectivity index (χ0n) is 13.2. The second kappa shape index (κ2) is 5.57. The molecule has 7 heteroatoms. The number of anilines is 1. The van der Waals surface area contributed by atoms with Gasteiger partial charge in [-0.2, -0.15) is 0 Å². The van der Waals surface area contributed by atoms with E-state index in [9.17, 15) is 19.5 Å². The van der Waals surface area contributed by atoms with E-state index in [0.717, 1.165) is 0 Å². The quantitative estimate of drug-likeness (QED) is 0.884. The first kappa shape index (κ1) is 16.8. The van der Waals surface area contributed by atoms with Crippen LogP contribution in [0, 0.1) is 0 Å². The number of carboxylic acid groups (broad SMARTS) is 2. The van der Waals surface area contributed by atoms with Gasteiger partial charge in [-0.05, 0) is 32.4 Å². The molecule has 0 radical (unpaired) electrons. The highest BCUT2D eigenvalue weighted by molar-refractivity contribution is 5.99. The van der Waals surface area contributed by atoms with Gasteiger partial charge in [0.25, 0.3) is 0 Å². The smallest absolute Gasteiger partial charge is 0.414 e. The number of amides is 1. The first-order chi connectivity index (χ1) is 10.6. The number of ether oxygens (including phenoxy) is 1. The summed E-state index contributed by atoms with van der Waals surface area (Å²) in [7, 11) is 0. The van der Waals surface area contributed by atoms with Crippen LogP contribution in [0.3, 0.4) is 0 Å². The molecule has 1 atom stereocenters. The molecule has 0 aliphatic carbocycles. The number of nitrogens with zero attached hydrogens (tertiary/aromatic N) is 1. The van der Waals surface area contributed by atoms with Crippen LogP contribution in [0.15, 0.2) is 24.3 Å². The summed E-state index contributed by atoms with van der Waals surface area (Å²) >= 11 is 0. The van der Waals surface area contributed by atoms with E-state index in [0.29, 0.717) is 11.3 Å². The van der Waals surface area contributed by atoms with Gasteiger partial charge in [0.1, 0.15) is 11.0 Å². The van der Waals surface area contributed by atoms with Crippen molar-refractivity contribution in [2.75, 3.05) is 11.4 Å². The van der Waals surface area contributed by atoms with Crippen molar-refractivity contribution in [1.29, 1.82) is 0 Å². The number of rotatable bonds is 3. The maximum absolute atomic E-state index is 12.4. The third-order valence-electron chi connectivity index (χ3n) is 3.61. The van der Waals surface area contributed by atoms with Crippen molar-refractivity contribution in [3.05, 3.63) is 29.8 Å². The number of hydrogen-bond acceptors (Lipinski definition) is 4. The molecule has 2 rings (SSSR count). The van der Waals surface area contributed by atoms with Gasteiger partial charge in [0.05, 0.1) is 18.7 Å². The standard InChI is InChI=1S/C16H19NO6/c1-15(2,3)23-14(22)17-9-16(13(20)21,8-12(18)19)10-6-4-5-7-11(10)17/h4-7H,8-9H2,1-3H3,(H,18,19)(H,20,21). The molecule has 0 saturated heterocycles. The minimum absolute atomic E-state index is 0.275. The maximum atomic E-state index is 12.4. The van der Waals surface area contributed by atoms with Crippen LogP contribution < -0.4 is 4.90 Å². The molecule has 1 unspecified atom stereocenters. The molecule has 1 aliphatic rings. The van der Waals surface area contributed by atoms with Gasteiger partial charge in [-0.15, -0.1) is 0 Å². The van der Waals surface area contributed by atoms with Crippen LogP contribution in [-0.2, 0) is 19.7 Å². The zero-order chi connectivity index (χ0) is 17.4. The summed E-state index contributed by atoms with van der Waals surface area (Å²) in [6.45, 7) is 4.83. The van der Waals surface area contributed by atoms with Crippen LogP contribution in [-0.4, -0.2) is 40.4 Å². The van der Waals surface area contributed by atoms with E-state index in [1.807, 2.05) is 0 Å². The number of carboxylic acids is 2. The van der Waals surface area contributed by atoms with E-state index < -0.39 is 35.5 Å². The Morgan fingerprint density at radius 2 is 1.83 bits per heavy atom. The van der Waals surface area contributed by atoms with Gasteiger partial charge in [0.2, 0.25) is 0 Å². The fraction of sp³-hybridized carbons (Fsp3) is 0.438. The lowest BCUT2D eigenvalue weighted by atomic mass is 9.79. The van der Waals surface area contributed by atoms with E-state index >= 15 is 0 Å². The Kier molecular flexibility index (Phi) is 4.07. The maximum Gasteiger partial charge on any atom is 0.414 e. The highest BCUT2D eigenvalue weighted by Gasteiger charge is 2.52. The molecule has 0 bridgehead atoms. The number of carbonyl (C=O) groups excluding carboxylic acids is 1. The van der Waals surface area contributed by atoms with Crippen LogP contribution in [0.4, 0.5) is 10.5 Å². The summed E-state index contributed by atoms with van der Waals surface area (Å²) < 4.78 is 5.30. The average Bonchev–Trinajstić information content (AvgIpc) is 2.73. The molecule has 23 heavy (non-hydrogen) atoms. The molecule has 0 fully saturated rings. The minimum Gasteiger partial charge on any atom is -0.481 e. The van der Waals surface area contributed by atoms with Crippen molar-refractivity contribution in [3.63, 3.8) is 0 Å². The largest absolute Gasteiger partial charge is 0.481 e. The van der Waals surface area contributed by atoms with Crippen molar-refractivity contribution in [2.24, 2.45) is 0 Å². The van der Waals surface area contributed by atoms with Gasteiger partial charge in [-0.25, -0.2) is 4.79 Å². The highest BCUT2D eigenvalue weighted by atomic mass is 16.6. The van der Waals surface area contributed by atoms with Gasteiger partial charge in [-0.1, -0.05) is 18.2 Å². The summed E-state index contributed by atoms with van der Waals surface area (Å²) in [4.78, 5) is 36.6. The predicted molar refractivity (Wildman–Crippen MR) is 81.6 cm³/mol. The topological polar surface area (TPSA) is 104 Å². The van der Waals surface area contributed by atoms with Crippen molar-refractivity contribution in [3.8, 4) is 0 Å². The molecule has 0 saturated carbocycles. The Morgan fingerprint density at radius 1 is 1.22 bits per heavy atom. The monoisotopic (exact) mass is 321 g/mol. The van der Waals surface area contributed by atoms with Crippen LogP contribution in [0.1, 0.15) is 32.8 Å². The van der Waals surface area contributed by atoms with Gasteiger partial charge >= 0.3 is 18.0 Å². The van der Waals surface area contributed by atoms with Crippen LogP contribution in [0.25, 0.3) is 0 Å². The fourth-order valence-corrected chi connectivity index (χ4v) is 2.70. The van der Waals surface area contributed by atoms with Crippen LogP contribution in [0.2, 0.25) is 0 Å². The third kappa shape index (κ3) is 3.13. The average molecular weight is 321 g/mol. The van der Waals surface area contributed by atoms with E-state index in [4.69, 9.17) is 9.84 Å². The molecule has 0 spiro atoms. The summed E-state index contributed by atoms with van der Waals surface area (Å²) in [5.74, 6) is -2.52. The van der Waals surface area contributed by atoms with Gasteiger partial charge in [0.15, 0.2) is 0 Å². The molecule has 124 valence electrons. The fourth-order valence-electron chi connectivity index (χ4n) is 2.70. The van der Waals surface area contributed by atoms with Gasteiger partial charge < -0.3 is 14.9 Å². The lowest BCUT2D eigenvalue weighted by Gasteiger charge is -2.26. The van der Waals surface area contributed by atoms with Crippen molar-refractivity contribution >= 4 is 23.7 Å². The van der Waals surface area contributed by atoms with Crippen LogP contribution in [0.5, 0.6) is 0 Å². The molecular weight excluding hydrogens is 302 g/mol. The predicted octanol–water partition coefficient (Wildman–Crippen LogP) is 2.24. The molecule has 1 amide bonds. The minimum atomic E-state index is -1.68. The van der Waals surface area contributed by atoms with Crippen molar-refractivity contribution in [2.45, 2.75) is 38.2 Å². The number of aliphatic carboxylic acids is 2. The number of para-hydroxylation sites is 1. The Morgan fingerprint density at radius 3 is 2.35 bits per heavy atom. The molecule has 0 aromatic heterocycles. The van der Waals surface area contributed by atoms with Gasteiger partial charge in [-0.3, -0.25) is 14.5 Å². The Bertz CT molecular complexity index is 663. The normalized spacial score (nSPS) is 20.0. The van der Waals surface area contributed by atoms with E-state index in [1.54, 1.807) is 39.0 Å². The Balaban J connectivity index is 2.49. The summed E-state index contributed by atoms with van der Waals surface area (Å²) in [5, 5.41) is 18.8. The van der Waals surface area contributed by atoms with E-state index in [1.165, 1.54) is 11.0 Å². The number of fused-ring (bicyclic) bond motifs is 1. The zero-order valence-corrected chi connectivity index (χ0v) is 13.2. The third-order valence-corrected chi connectivity index (χ3v) is 3.61. The van der Waals surface area contributed by atoms with E-state index in [2.05, 4.69) is 0 Å². The Hall–Kier alpha value is -2.57. The van der Waals surface area contributed by atoms with Crippen molar-refractivity contribution in [1.82, 2.24) is 0 Å². The number of hydrogen-bond donors (Lipinski definition) is 2. The van der Waals surface area contributed by atoms with Crippen LogP contribution >= 0.6 is 0 Å². The summed E-state index contributed by atoms with van der Waals surface area (Å²) in [6.07, 6.45) is -1.31. The number of benzene rings is 1. The first-order valence-electron chi connectivity index (χ1n) is 7.12. The van der Waals surface area contributed by atoms with Crippen molar-refractivity contribution < 1.29 is 29.3 Å². The molecule has 1 aromatic rings. The highest BCUT2D eigenvalue weighted by Crippen LogP contribution is 2.43. The van der Waals surface area contributed by atoms with E-state index in [-0.39, 0.29) is 6.54 Å². The first-order valence-corrected chi connectivity index (χ1v) is 7.12. The van der Waals surface area contributed by atoms with Gasteiger partial charge in [0, 0.05) is 0 Å². The Labute approximate surface area is 133 Å².